The van der Waals surface area contributed by atoms with E-state index in [1.54, 1.807) is 6.20 Å². The van der Waals surface area contributed by atoms with Crippen LogP contribution in [-0.4, -0.2) is 58.8 Å². The first-order valence-electron chi connectivity index (χ1n) is 8.67. The van der Waals surface area contributed by atoms with Gasteiger partial charge in [0.1, 0.15) is 5.75 Å². The lowest BCUT2D eigenvalue weighted by Crippen LogP contribution is -2.46. The second-order valence-corrected chi connectivity index (χ2v) is 6.87. The number of likely N-dealkylation sites (N-methyl/N-ethyl adjacent to an activating group) is 1. The Morgan fingerprint density at radius 2 is 2.04 bits per heavy atom. The number of ether oxygens (including phenoxy) is 1. The summed E-state index contributed by atoms with van der Waals surface area (Å²) < 4.78 is 7.71. The van der Waals surface area contributed by atoms with Gasteiger partial charge in [0.05, 0.1) is 12.2 Å². The first kappa shape index (κ1) is 17.5. The number of amides is 1. The number of aryl methyl sites for hydroxylation is 2. The largest absolute Gasteiger partial charge is 0.484 e. The SMILES string of the molecule is Cc1ccc(OCC(=O)N2Cc3ccnn3CC[C@@H]2CN(C)C)cc1. The Labute approximate surface area is 149 Å². The van der Waals surface area contributed by atoms with Crippen LogP contribution in [0.1, 0.15) is 17.7 Å². The molecule has 134 valence electrons. The highest BCUT2D eigenvalue weighted by Gasteiger charge is 2.28. The Morgan fingerprint density at radius 3 is 2.76 bits per heavy atom. The van der Waals surface area contributed by atoms with Crippen LogP contribution in [-0.2, 0) is 17.9 Å². The van der Waals surface area contributed by atoms with E-state index in [4.69, 9.17) is 4.74 Å². The Hall–Kier alpha value is -2.34. The maximum Gasteiger partial charge on any atom is 0.261 e. The van der Waals surface area contributed by atoms with Crippen molar-refractivity contribution in [1.82, 2.24) is 19.6 Å². The summed E-state index contributed by atoms with van der Waals surface area (Å²) in [7, 11) is 4.07. The molecule has 6 nitrogen and oxygen atoms in total. The first-order valence-corrected chi connectivity index (χ1v) is 8.67. The third-order valence-electron chi connectivity index (χ3n) is 4.53. The number of fused-ring (bicyclic) bond motifs is 1. The van der Waals surface area contributed by atoms with Crippen LogP contribution in [0.25, 0.3) is 0 Å². The molecular formula is C19H26N4O2. The molecule has 2 aromatic rings. The van der Waals surface area contributed by atoms with E-state index in [0.717, 1.165) is 31.0 Å². The molecule has 6 heteroatoms. The quantitative estimate of drug-likeness (QED) is 0.833. The molecule has 1 atom stereocenters. The van der Waals surface area contributed by atoms with Gasteiger partial charge in [-0.1, -0.05) is 17.7 Å². The third-order valence-corrected chi connectivity index (χ3v) is 4.53. The van der Waals surface area contributed by atoms with Crippen molar-refractivity contribution < 1.29 is 9.53 Å². The highest BCUT2D eigenvalue weighted by Crippen LogP contribution is 2.19. The Kier molecular flexibility index (Phi) is 5.38. The van der Waals surface area contributed by atoms with E-state index in [0.29, 0.717) is 6.54 Å². The fourth-order valence-electron chi connectivity index (χ4n) is 3.19. The predicted octanol–water partition coefficient (Wildman–Crippen LogP) is 1.93. The van der Waals surface area contributed by atoms with Crippen LogP contribution in [0, 0.1) is 6.92 Å². The fourth-order valence-corrected chi connectivity index (χ4v) is 3.19. The molecular weight excluding hydrogens is 316 g/mol. The van der Waals surface area contributed by atoms with Crippen molar-refractivity contribution in [3.8, 4) is 5.75 Å². The molecule has 0 unspecified atom stereocenters. The van der Waals surface area contributed by atoms with Crippen LogP contribution in [0.5, 0.6) is 5.75 Å². The summed E-state index contributed by atoms with van der Waals surface area (Å²) >= 11 is 0. The minimum absolute atomic E-state index is 0.0158. The normalized spacial score (nSPS) is 17.3. The van der Waals surface area contributed by atoms with Crippen molar-refractivity contribution in [2.24, 2.45) is 0 Å². The Balaban J connectivity index is 1.70. The van der Waals surface area contributed by atoms with Crippen LogP contribution in [0.2, 0.25) is 0 Å². The zero-order valence-corrected chi connectivity index (χ0v) is 15.2. The summed E-state index contributed by atoms with van der Waals surface area (Å²) in [5, 5.41) is 4.36. The molecule has 1 aromatic heterocycles. The number of carbonyl (C=O) groups is 1. The fraction of sp³-hybridized carbons (Fsp3) is 0.474. The van der Waals surface area contributed by atoms with Gasteiger partial charge in [0.2, 0.25) is 0 Å². The monoisotopic (exact) mass is 342 g/mol. The number of hydrogen-bond acceptors (Lipinski definition) is 4. The maximum atomic E-state index is 12.9. The molecule has 25 heavy (non-hydrogen) atoms. The number of nitrogens with zero attached hydrogens (tertiary/aromatic N) is 4. The summed E-state index contributed by atoms with van der Waals surface area (Å²) in [6, 6.07) is 9.91. The van der Waals surface area contributed by atoms with E-state index in [9.17, 15) is 4.79 Å². The highest BCUT2D eigenvalue weighted by atomic mass is 16.5. The van der Waals surface area contributed by atoms with Crippen molar-refractivity contribution in [2.45, 2.75) is 32.5 Å². The molecule has 0 radical (unpaired) electrons. The first-order chi connectivity index (χ1) is 12.0. The van der Waals surface area contributed by atoms with Gasteiger partial charge >= 0.3 is 0 Å². The van der Waals surface area contributed by atoms with Crippen LogP contribution >= 0.6 is 0 Å². The summed E-state index contributed by atoms with van der Waals surface area (Å²) in [4.78, 5) is 16.9. The lowest BCUT2D eigenvalue weighted by Gasteiger charge is -2.31. The summed E-state index contributed by atoms with van der Waals surface area (Å²) in [5.41, 5.74) is 2.25. The van der Waals surface area contributed by atoms with Gasteiger partial charge in [-0.15, -0.1) is 0 Å². The Bertz CT molecular complexity index is 708. The average molecular weight is 342 g/mol. The van der Waals surface area contributed by atoms with Crippen molar-refractivity contribution in [3.63, 3.8) is 0 Å². The van der Waals surface area contributed by atoms with E-state index in [1.807, 2.05) is 60.9 Å². The van der Waals surface area contributed by atoms with Crippen molar-refractivity contribution in [1.29, 1.82) is 0 Å². The lowest BCUT2D eigenvalue weighted by atomic mass is 10.1. The predicted molar refractivity (Wildman–Crippen MR) is 96.4 cm³/mol. The summed E-state index contributed by atoms with van der Waals surface area (Å²) in [6.07, 6.45) is 2.69. The minimum Gasteiger partial charge on any atom is -0.484 e. The highest BCUT2D eigenvalue weighted by molar-refractivity contribution is 5.78. The number of hydrogen-bond donors (Lipinski definition) is 0. The number of aromatic nitrogens is 2. The molecule has 1 aliphatic heterocycles. The summed E-state index contributed by atoms with van der Waals surface area (Å²) in [5.74, 6) is 0.741. The Morgan fingerprint density at radius 1 is 1.28 bits per heavy atom. The molecule has 0 spiro atoms. The number of carbonyl (C=O) groups excluding carboxylic acids is 1. The average Bonchev–Trinajstić information content (AvgIpc) is 2.96. The van der Waals surface area contributed by atoms with Crippen molar-refractivity contribution in [3.05, 3.63) is 47.8 Å². The van der Waals surface area contributed by atoms with Gasteiger partial charge < -0.3 is 14.5 Å². The summed E-state index contributed by atoms with van der Waals surface area (Å²) in [6.45, 7) is 4.33. The second-order valence-electron chi connectivity index (χ2n) is 6.87. The molecule has 0 N–H and O–H groups in total. The van der Waals surface area contributed by atoms with Gasteiger partial charge in [-0.05, 0) is 45.6 Å². The van der Waals surface area contributed by atoms with Crippen LogP contribution in [0.3, 0.4) is 0 Å². The van der Waals surface area contributed by atoms with Gasteiger partial charge in [-0.3, -0.25) is 9.48 Å². The van der Waals surface area contributed by atoms with E-state index in [1.165, 1.54) is 5.56 Å². The zero-order valence-electron chi connectivity index (χ0n) is 15.2. The topological polar surface area (TPSA) is 50.6 Å². The number of rotatable bonds is 5. The molecule has 1 aromatic carbocycles. The van der Waals surface area contributed by atoms with Crippen LogP contribution in [0.4, 0.5) is 0 Å². The second kappa shape index (κ2) is 7.70. The molecule has 0 saturated heterocycles. The van der Waals surface area contributed by atoms with E-state index < -0.39 is 0 Å². The van der Waals surface area contributed by atoms with Gasteiger partial charge in [-0.2, -0.15) is 5.10 Å². The van der Waals surface area contributed by atoms with Crippen molar-refractivity contribution >= 4 is 5.91 Å². The standard InChI is InChI=1S/C19H26N4O2/c1-15-4-6-18(7-5-15)25-14-19(24)22-13-17-8-10-20-23(17)11-9-16(22)12-21(2)3/h4-8,10,16H,9,11-14H2,1-3H3/t16-/m1/s1. The minimum atomic E-state index is 0.0158. The smallest absolute Gasteiger partial charge is 0.261 e. The molecule has 0 bridgehead atoms. The van der Waals surface area contributed by atoms with Gasteiger partial charge in [0, 0.05) is 25.3 Å². The molecule has 3 rings (SSSR count). The molecule has 0 fully saturated rings. The van der Waals surface area contributed by atoms with Gasteiger partial charge in [0.15, 0.2) is 6.61 Å². The van der Waals surface area contributed by atoms with Crippen LogP contribution < -0.4 is 4.74 Å². The van der Waals surface area contributed by atoms with Gasteiger partial charge in [0.25, 0.3) is 5.91 Å². The molecule has 1 amide bonds. The van der Waals surface area contributed by atoms with E-state index in [2.05, 4.69) is 10.00 Å². The lowest BCUT2D eigenvalue weighted by molar-refractivity contribution is -0.136. The number of benzene rings is 1. The molecule has 0 saturated carbocycles. The molecule has 1 aliphatic rings. The maximum absolute atomic E-state index is 12.9. The molecule has 2 heterocycles. The third kappa shape index (κ3) is 4.39. The van der Waals surface area contributed by atoms with Crippen molar-refractivity contribution in [2.75, 3.05) is 27.2 Å². The van der Waals surface area contributed by atoms with E-state index >= 15 is 0 Å². The van der Waals surface area contributed by atoms with Gasteiger partial charge in [-0.25, -0.2) is 0 Å². The van der Waals surface area contributed by atoms with E-state index in [-0.39, 0.29) is 18.6 Å². The van der Waals surface area contributed by atoms with Crippen LogP contribution in [0.15, 0.2) is 36.5 Å². The zero-order chi connectivity index (χ0) is 17.8. The molecule has 0 aliphatic carbocycles.